The molecule has 3 nitrogen and oxygen atoms in total. The van der Waals surface area contributed by atoms with Crippen molar-refractivity contribution in [2.24, 2.45) is 0 Å². The van der Waals surface area contributed by atoms with Crippen molar-refractivity contribution in [1.29, 1.82) is 0 Å². The summed E-state index contributed by atoms with van der Waals surface area (Å²) < 4.78 is 5.33. The molecule has 0 aromatic carbocycles. The Balaban J connectivity index is 2.31. The number of hydrogen-bond acceptors (Lipinski definition) is 3. The zero-order valence-electron chi connectivity index (χ0n) is 11.2. The molecule has 1 atom stereocenters. The molecule has 16 heavy (non-hydrogen) atoms. The number of nitrogens with one attached hydrogen (secondary N) is 1. The SMILES string of the molecule is CCCC(COC)N1CCC(NCC)CC1. The smallest absolute Gasteiger partial charge is 0.0618 e. The Labute approximate surface area is 101 Å². The van der Waals surface area contributed by atoms with Crippen molar-refractivity contribution >= 4 is 0 Å². The lowest BCUT2D eigenvalue weighted by Crippen LogP contribution is -2.48. The standard InChI is InChI=1S/C13H28N2O/c1-4-6-13(11-16-3)15-9-7-12(8-10-15)14-5-2/h12-14H,4-11H2,1-3H3. The van der Waals surface area contributed by atoms with Gasteiger partial charge in [0.25, 0.3) is 0 Å². The van der Waals surface area contributed by atoms with E-state index >= 15 is 0 Å². The molecule has 1 unspecified atom stereocenters. The van der Waals surface area contributed by atoms with Crippen LogP contribution in [0.5, 0.6) is 0 Å². The molecule has 0 aromatic rings. The van der Waals surface area contributed by atoms with Crippen LogP contribution in [0.3, 0.4) is 0 Å². The summed E-state index contributed by atoms with van der Waals surface area (Å²) >= 11 is 0. The first-order valence-electron chi connectivity index (χ1n) is 6.78. The number of ether oxygens (including phenoxy) is 1. The molecule has 0 aliphatic carbocycles. The molecule has 1 heterocycles. The van der Waals surface area contributed by atoms with Crippen LogP contribution < -0.4 is 5.32 Å². The van der Waals surface area contributed by atoms with Crippen LogP contribution in [-0.2, 0) is 4.74 Å². The molecule has 1 aliphatic heterocycles. The highest BCUT2D eigenvalue weighted by Gasteiger charge is 2.23. The van der Waals surface area contributed by atoms with Gasteiger partial charge >= 0.3 is 0 Å². The third kappa shape index (κ3) is 4.40. The van der Waals surface area contributed by atoms with Crippen LogP contribution in [0.1, 0.15) is 39.5 Å². The maximum atomic E-state index is 5.33. The average molecular weight is 228 g/mol. The molecule has 1 N–H and O–H groups in total. The number of likely N-dealkylation sites (tertiary alicyclic amines) is 1. The Kier molecular flexibility index (Phi) is 7.01. The van der Waals surface area contributed by atoms with Crippen LogP contribution in [0.25, 0.3) is 0 Å². The Morgan fingerprint density at radius 3 is 2.50 bits per heavy atom. The maximum absolute atomic E-state index is 5.33. The van der Waals surface area contributed by atoms with E-state index in [-0.39, 0.29) is 0 Å². The lowest BCUT2D eigenvalue weighted by Gasteiger charge is -2.37. The third-order valence-electron chi connectivity index (χ3n) is 3.52. The van der Waals surface area contributed by atoms with E-state index in [9.17, 15) is 0 Å². The molecule has 1 saturated heterocycles. The largest absolute Gasteiger partial charge is 0.383 e. The van der Waals surface area contributed by atoms with Gasteiger partial charge in [-0.1, -0.05) is 20.3 Å². The van der Waals surface area contributed by atoms with E-state index in [1.807, 2.05) is 7.11 Å². The maximum Gasteiger partial charge on any atom is 0.0618 e. The average Bonchev–Trinajstić information content (AvgIpc) is 2.30. The zero-order valence-corrected chi connectivity index (χ0v) is 11.2. The van der Waals surface area contributed by atoms with Gasteiger partial charge in [0.2, 0.25) is 0 Å². The fraction of sp³-hybridized carbons (Fsp3) is 1.00. The first kappa shape index (κ1) is 13.9. The summed E-state index contributed by atoms with van der Waals surface area (Å²) in [6.07, 6.45) is 5.09. The van der Waals surface area contributed by atoms with Gasteiger partial charge in [-0.15, -0.1) is 0 Å². The molecule has 0 amide bonds. The molecule has 96 valence electrons. The molecular weight excluding hydrogens is 200 g/mol. The fourth-order valence-corrected chi connectivity index (χ4v) is 2.65. The van der Waals surface area contributed by atoms with Crippen LogP contribution in [0.15, 0.2) is 0 Å². The summed E-state index contributed by atoms with van der Waals surface area (Å²) in [6.45, 7) is 8.89. The molecular formula is C13H28N2O. The normalized spacial score (nSPS) is 21.2. The Hall–Kier alpha value is -0.120. The second-order valence-electron chi connectivity index (χ2n) is 4.77. The third-order valence-corrected chi connectivity index (χ3v) is 3.52. The zero-order chi connectivity index (χ0) is 11.8. The molecule has 0 aromatic heterocycles. The lowest BCUT2D eigenvalue weighted by atomic mass is 10.0. The first-order chi connectivity index (χ1) is 7.81. The van der Waals surface area contributed by atoms with Crippen LogP contribution in [-0.4, -0.2) is 50.3 Å². The Morgan fingerprint density at radius 2 is 2.00 bits per heavy atom. The number of methoxy groups -OCH3 is 1. The molecule has 0 spiro atoms. The van der Waals surface area contributed by atoms with E-state index in [1.165, 1.54) is 38.8 Å². The number of piperidine rings is 1. The van der Waals surface area contributed by atoms with Crippen LogP contribution >= 0.6 is 0 Å². The highest BCUT2D eigenvalue weighted by molar-refractivity contribution is 4.81. The van der Waals surface area contributed by atoms with Crippen molar-refractivity contribution in [2.75, 3.05) is 33.4 Å². The van der Waals surface area contributed by atoms with Crippen molar-refractivity contribution in [3.05, 3.63) is 0 Å². The van der Waals surface area contributed by atoms with Crippen molar-refractivity contribution in [3.63, 3.8) is 0 Å². The van der Waals surface area contributed by atoms with E-state index in [1.54, 1.807) is 0 Å². The van der Waals surface area contributed by atoms with Crippen molar-refractivity contribution in [2.45, 2.75) is 51.6 Å². The van der Waals surface area contributed by atoms with E-state index < -0.39 is 0 Å². The number of hydrogen-bond donors (Lipinski definition) is 1. The minimum Gasteiger partial charge on any atom is -0.383 e. The second kappa shape index (κ2) is 8.04. The molecule has 0 radical (unpaired) electrons. The molecule has 1 fully saturated rings. The van der Waals surface area contributed by atoms with Gasteiger partial charge in [-0.2, -0.15) is 0 Å². The molecule has 1 rings (SSSR count). The number of rotatable bonds is 7. The van der Waals surface area contributed by atoms with Gasteiger partial charge in [-0.3, -0.25) is 4.90 Å². The highest BCUT2D eigenvalue weighted by Crippen LogP contribution is 2.16. The summed E-state index contributed by atoms with van der Waals surface area (Å²) in [7, 11) is 1.81. The quantitative estimate of drug-likeness (QED) is 0.720. The van der Waals surface area contributed by atoms with E-state index in [4.69, 9.17) is 4.74 Å². The summed E-state index contributed by atoms with van der Waals surface area (Å²) in [5, 5.41) is 3.55. The predicted octanol–water partition coefficient (Wildman–Crippen LogP) is 1.88. The predicted molar refractivity (Wildman–Crippen MR) is 68.8 cm³/mol. The van der Waals surface area contributed by atoms with Gasteiger partial charge in [0.1, 0.15) is 0 Å². The summed E-state index contributed by atoms with van der Waals surface area (Å²) in [4.78, 5) is 2.61. The van der Waals surface area contributed by atoms with Crippen molar-refractivity contribution < 1.29 is 4.74 Å². The molecule has 0 bridgehead atoms. The Morgan fingerprint density at radius 1 is 1.31 bits per heavy atom. The van der Waals surface area contributed by atoms with Crippen molar-refractivity contribution in [1.82, 2.24) is 10.2 Å². The minimum absolute atomic E-state index is 0.637. The van der Waals surface area contributed by atoms with Gasteiger partial charge in [0.05, 0.1) is 6.61 Å². The lowest BCUT2D eigenvalue weighted by molar-refractivity contribution is 0.0650. The molecule has 3 heteroatoms. The van der Waals surface area contributed by atoms with Crippen molar-refractivity contribution in [3.8, 4) is 0 Å². The topological polar surface area (TPSA) is 24.5 Å². The monoisotopic (exact) mass is 228 g/mol. The second-order valence-corrected chi connectivity index (χ2v) is 4.77. The minimum atomic E-state index is 0.637. The fourth-order valence-electron chi connectivity index (χ4n) is 2.65. The van der Waals surface area contributed by atoms with Crippen LogP contribution in [0.4, 0.5) is 0 Å². The van der Waals surface area contributed by atoms with E-state index in [2.05, 4.69) is 24.1 Å². The van der Waals surface area contributed by atoms with Gasteiger partial charge in [-0.25, -0.2) is 0 Å². The summed E-state index contributed by atoms with van der Waals surface area (Å²) in [5.74, 6) is 0. The van der Waals surface area contributed by atoms with Gasteiger partial charge in [0.15, 0.2) is 0 Å². The molecule has 0 saturated carbocycles. The van der Waals surface area contributed by atoms with E-state index in [0.29, 0.717) is 6.04 Å². The Bertz CT molecular complexity index is 161. The highest BCUT2D eigenvalue weighted by atomic mass is 16.5. The van der Waals surface area contributed by atoms with Crippen LogP contribution in [0.2, 0.25) is 0 Å². The van der Waals surface area contributed by atoms with Crippen LogP contribution in [0, 0.1) is 0 Å². The van der Waals surface area contributed by atoms with Gasteiger partial charge < -0.3 is 10.1 Å². The first-order valence-corrected chi connectivity index (χ1v) is 6.78. The molecule has 1 aliphatic rings. The van der Waals surface area contributed by atoms with E-state index in [0.717, 1.165) is 19.2 Å². The van der Waals surface area contributed by atoms with Gasteiger partial charge in [0, 0.05) is 32.3 Å². The summed E-state index contributed by atoms with van der Waals surface area (Å²) in [6, 6.07) is 1.38. The van der Waals surface area contributed by atoms with Gasteiger partial charge in [-0.05, 0) is 25.8 Å². The summed E-state index contributed by atoms with van der Waals surface area (Å²) in [5.41, 5.74) is 0. The number of nitrogens with zero attached hydrogens (tertiary/aromatic N) is 1.